The third-order valence-corrected chi connectivity index (χ3v) is 8.44. The number of ketones is 1. The number of nitrogens with one attached hydrogen (secondary N) is 2. The number of nitriles is 1. The number of aromatic nitrogens is 1. The predicted molar refractivity (Wildman–Crippen MR) is 136 cm³/mol. The van der Waals surface area contributed by atoms with Crippen LogP contribution in [-0.2, 0) is 4.79 Å². The molecule has 3 atom stereocenters. The molecular weight excluding hydrogens is 569 g/mol. The summed E-state index contributed by atoms with van der Waals surface area (Å²) >= 11 is 8.99. The van der Waals surface area contributed by atoms with Crippen molar-refractivity contribution >= 4 is 62.9 Å². The van der Waals surface area contributed by atoms with Gasteiger partial charge in [0.2, 0.25) is 11.6 Å². The lowest BCUT2D eigenvalue weighted by atomic mass is 9.70. The van der Waals surface area contributed by atoms with Gasteiger partial charge < -0.3 is 15.7 Å². The fourth-order valence-corrected chi connectivity index (χ4v) is 6.31. The van der Waals surface area contributed by atoms with Gasteiger partial charge in [0.05, 0.1) is 33.2 Å². The molecule has 0 aliphatic carbocycles. The highest BCUT2D eigenvalue weighted by Crippen LogP contribution is 2.52. The molecule has 3 aromatic rings. The molecule has 192 valence electrons. The normalized spacial score (nSPS) is 21.7. The van der Waals surface area contributed by atoms with E-state index in [4.69, 9.17) is 11.6 Å². The second kappa shape index (κ2) is 10.8. The number of nitrogens with zero attached hydrogens (tertiary/aromatic N) is 2. The van der Waals surface area contributed by atoms with E-state index in [-0.39, 0.29) is 21.0 Å². The highest BCUT2D eigenvalue weighted by molar-refractivity contribution is 8.03. The first-order valence-electron chi connectivity index (χ1n) is 10.4. The van der Waals surface area contributed by atoms with Crippen molar-refractivity contribution in [1.82, 2.24) is 10.3 Å². The summed E-state index contributed by atoms with van der Waals surface area (Å²) in [5, 5.41) is 28.8. The SMILES string of the molecule is N#CC1=C(SCC(=O)Nc2nccs2)NC(O)(C(F)(F)F)C(C(=O)c2cccs2)C1c1ccccc1Cl. The largest absolute Gasteiger partial charge is 0.437 e. The summed E-state index contributed by atoms with van der Waals surface area (Å²) in [6, 6.07) is 10.6. The van der Waals surface area contributed by atoms with Crippen molar-refractivity contribution in [2.45, 2.75) is 17.8 Å². The van der Waals surface area contributed by atoms with Gasteiger partial charge in [-0.1, -0.05) is 47.6 Å². The summed E-state index contributed by atoms with van der Waals surface area (Å²) in [7, 11) is 0. The lowest BCUT2D eigenvalue weighted by Crippen LogP contribution is -2.66. The van der Waals surface area contributed by atoms with E-state index in [2.05, 4.69) is 10.3 Å². The molecule has 0 saturated heterocycles. The number of halogens is 4. The summed E-state index contributed by atoms with van der Waals surface area (Å²) in [4.78, 5) is 29.8. The first kappa shape index (κ1) is 27.2. The fourth-order valence-electron chi connectivity index (χ4n) is 3.90. The summed E-state index contributed by atoms with van der Waals surface area (Å²) < 4.78 is 43.6. The number of carbonyl (C=O) groups excluding carboxylic acids is 2. The average Bonchev–Trinajstić information content (AvgIpc) is 3.56. The van der Waals surface area contributed by atoms with E-state index in [0.717, 1.165) is 22.7 Å². The van der Waals surface area contributed by atoms with Crippen LogP contribution in [0.25, 0.3) is 0 Å². The van der Waals surface area contributed by atoms with Crippen molar-refractivity contribution in [2.75, 3.05) is 11.1 Å². The van der Waals surface area contributed by atoms with E-state index in [1.807, 2.05) is 11.4 Å². The van der Waals surface area contributed by atoms with Crippen LogP contribution in [-0.4, -0.2) is 39.4 Å². The Hall–Kier alpha value is -2.89. The topological polar surface area (TPSA) is 115 Å². The number of anilines is 1. The Kier molecular flexibility index (Phi) is 7.96. The van der Waals surface area contributed by atoms with E-state index < -0.39 is 46.2 Å². The number of carbonyl (C=O) groups is 2. The molecule has 0 spiro atoms. The zero-order chi connectivity index (χ0) is 26.8. The van der Waals surface area contributed by atoms with E-state index in [9.17, 15) is 33.1 Å². The highest BCUT2D eigenvalue weighted by Gasteiger charge is 2.66. The van der Waals surface area contributed by atoms with Crippen molar-refractivity contribution in [3.63, 3.8) is 0 Å². The predicted octanol–water partition coefficient (Wildman–Crippen LogP) is 5.40. The standard InChI is InChI=1S/C23H16ClF3N4O3S3/c24-14-5-2-1-4-12(14)17-13(10-28)20(37-11-16(32)30-21-29-7-9-36-21)31-22(34,23(25,26)27)18(17)19(33)15-6-3-8-35-15/h1-9,17-18,31,34H,11H2,(H,29,30,32). The number of amides is 1. The third kappa shape index (κ3) is 5.39. The number of hydrogen-bond donors (Lipinski definition) is 3. The number of hydrogen-bond acceptors (Lipinski definition) is 9. The number of benzene rings is 1. The van der Waals surface area contributed by atoms with Crippen LogP contribution in [0.1, 0.15) is 21.2 Å². The minimum absolute atomic E-state index is 0.0153. The molecule has 1 amide bonds. The monoisotopic (exact) mass is 584 g/mol. The van der Waals surface area contributed by atoms with Gasteiger partial charge in [-0.25, -0.2) is 4.98 Å². The van der Waals surface area contributed by atoms with Crippen molar-refractivity contribution in [3.05, 3.63) is 79.4 Å². The van der Waals surface area contributed by atoms with Crippen LogP contribution in [0, 0.1) is 17.2 Å². The lowest BCUT2D eigenvalue weighted by Gasteiger charge is -2.45. The van der Waals surface area contributed by atoms with Gasteiger partial charge in [-0.15, -0.1) is 22.7 Å². The van der Waals surface area contributed by atoms with Crippen LogP contribution < -0.4 is 10.6 Å². The molecule has 0 bridgehead atoms. The molecule has 1 aliphatic rings. The molecule has 2 aromatic heterocycles. The number of thiazole rings is 1. The lowest BCUT2D eigenvalue weighted by molar-refractivity contribution is -0.285. The first-order valence-corrected chi connectivity index (χ1v) is 13.5. The second-order valence-corrected chi connectivity index (χ2v) is 11.0. The molecule has 37 heavy (non-hydrogen) atoms. The van der Waals surface area contributed by atoms with Crippen LogP contribution in [0.15, 0.2) is 64.0 Å². The van der Waals surface area contributed by atoms with Crippen LogP contribution in [0.2, 0.25) is 5.02 Å². The summed E-state index contributed by atoms with van der Waals surface area (Å²) in [5.41, 5.74) is -3.97. The maximum atomic E-state index is 14.5. The number of alkyl halides is 3. The van der Waals surface area contributed by atoms with Crippen molar-refractivity contribution in [1.29, 1.82) is 5.26 Å². The zero-order valence-corrected chi connectivity index (χ0v) is 21.7. The van der Waals surface area contributed by atoms with Crippen LogP contribution in [0.5, 0.6) is 0 Å². The number of thiophene rings is 1. The summed E-state index contributed by atoms with van der Waals surface area (Å²) in [5.74, 6) is -5.75. The Labute approximate surface area is 226 Å². The number of allylic oxidation sites excluding steroid dienone is 1. The molecule has 0 fully saturated rings. The van der Waals surface area contributed by atoms with E-state index >= 15 is 0 Å². The van der Waals surface area contributed by atoms with Gasteiger partial charge in [0, 0.05) is 22.5 Å². The van der Waals surface area contributed by atoms with Crippen LogP contribution in [0.3, 0.4) is 0 Å². The number of thioether (sulfide) groups is 1. The summed E-state index contributed by atoms with van der Waals surface area (Å²) in [6.07, 6.45) is -3.88. The Morgan fingerprint density at radius 3 is 2.59 bits per heavy atom. The molecular formula is C23H16ClF3N4O3S3. The van der Waals surface area contributed by atoms with Gasteiger partial charge in [0.1, 0.15) is 0 Å². The number of rotatable bonds is 7. The molecule has 4 rings (SSSR count). The van der Waals surface area contributed by atoms with E-state index in [1.165, 1.54) is 41.9 Å². The second-order valence-electron chi connectivity index (χ2n) is 7.74. The molecule has 1 aliphatic heterocycles. The molecule has 0 saturated carbocycles. The Morgan fingerprint density at radius 2 is 2.00 bits per heavy atom. The van der Waals surface area contributed by atoms with Gasteiger partial charge in [-0.2, -0.15) is 18.4 Å². The smallest absolute Gasteiger partial charge is 0.363 e. The Morgan fingerprint density at radius 1 is 1.24 bits per heavy atom. The zero-order valence-electron chi connectivity index (χ0n) is 18.5. The number of Topliss-reactive ketones (excluding diaryl/α,β-unsaturated/α-hetero) is 1. The fraction of sp³-hybridized carbons (Fsp3) is 0.217. The molecule has 3 unspecified atom stereocenters. The van der Waals surface area contributed by atoms with Crippen molar-refractivity contribution in [2.24, 2.45) is 5.92 Å². The summed E-state index contributed by atoms with van der Waals surface area (Å²) in [6.45, 7) is 0. The third-order valence-electron chi connectivity index (χ3n) is 5.51. The highest BCUT2D eigenvalue weighted by atomic mass is 35.5. The van der Waals surface area contributed by atoms with Crippen LogP contribution in [0.4, 0.5) is 18.3 Å². The van der Waals surface area contributed by atoms with Crippen LogP contribution >= 0.6 is 46.0 Å². The van der Waals surface area contributed by atoms with Gasteiger partial charge >= 0.3 is 6.18 Å². The van der Waals surface area contributed by atoms with Gasteiger partial charge in [0.25, 0.3) is 0 Å². The molecule has 1 aromatic carbocycles. The average molecular weight is 585 g/mol. The van der Waals surface area contributed by atoms with E-state index in [0.29, 0.717) is 16.9 Å². The minimum Gasteiger partial charge on any atom is -0.363 e. The molecule has 3 N–H and O–H groups in total. The quantitative estimate of drug-likeness (QED) is 0.318. The minimum atomic E-state index is -5.35. The Balaban J connectivity index is 1.83. The Bertz CT molecular complexity index is 1370. The maximum Gasteiger partial charge on any atom is 0.437 e. The number of aliphatic hydroxyl groups is 1. The molecule has 14 heteroatoms. The van der Waals surface area contributed by atoms with Crippen molar-refractivity contribution in [3.8, 4) is 6.07 Å². The van der Waals surface area contributed by atoms with Gasteiger partial charge in [-0.3, -0.25) is 9.59 Å². The van der Waals surface area contributed by atoms with Gasteiger partial charge in [-0.05, 0) is 23.1 Å². The maximum absolute atomic E-state index is 14.5. The van der Waals surface area contributed by atoms with Crippen molar-refractivity contribution < 1.29 is 27.9 Å². The van der Waals surface area contributed by atoms with Gasteiger partial charge in [0.15, 0.2) is 10.9 Å². The van der Waals surface area contributed by atoms with E-state index in [1.54, 1.807) is 11.4 Å². The molecule has 3 heterocycles. The molecule has 0 radical (unpaired) electrons. The first-order chi connectivity index (χ1) is 17.6. The molecule has 7 nitrogen and oxygen atoms in total.